The van der Waals surface area contributed by atoms with Crippen molar-refractivity contribution in [2.24, 2.45) is 5.73 Å². The maximum absolute atomic E-state index is 12.4. The first-order valence-corrected chi connectivity index (χ1v) is 7.33. The monoisotopic (exact) mass is 288 g/mol. The third-order valence-electron chi connectivity index (χ3n) is 2.93. The second-order valence-electron chi connectivity index (χ2n) is 4.16. The number of nitrogens with two attached hydrogens (primary N) is 1. The molecule has 8 nitrogen and oxygen atoms in total. The molecule has 19 heavy (non-hydrogen) atoms. The predicted molar refractivity (Wildman–Crippen MR) is 65.7 cm³/mol. The first-order valence-electron chi connectivity index (χ1n) is 5.89. The molecule has 0 saturated carbocycles. The number of aromatic nitrogens is 2. The molecule has 1 saturated heterocycles. The SMILES string of the molecule is CCc1ncc(S(=O)(=O)N2CCOCC2C(N)=O)[nH]1. The van der Waals surface area contributed by atoms with Crippen LogP contribution in [0.5, 0.6) is 0 Å². The Morgan fingerprint density at radius 2 is 2.42 bits per heavy atom. The van der Waals surface area contributed by atoms with E-state index in [0.717, 1.165) is 4.31 Å². The van der Waals surface area contributed by atoms with Crippen molar-refractivity contribution in [3.05, 3.63) is 12.0 Å². The molecule has 0 aromatic carbocycles. The van der Waals surface area contributed by atoms with Crippen LogP contribution in [-0.4, -0.2) is 54.4 Å². The average molecular weight is 288 g/mol. The lowest BCUT2D eigenvalue weighted by atomic mass is 10.3. The van der Waals surface area contributed by atoms with Crippen LogP contribution in [0.4, 0.5) is 0 Å². The van der Waals surface area contributed by atoms with E-state index in [9.17, 15) is 13.2 Å². The molecule has 0 bridgehead atoms. The topological polar surface area (TPSA) is 118 Å². The molecule has 1 amide bonds. The Labute approximate surface area is 111 Å². The Morgan fingerprint density at radius 3 is 3.00 bits per heavy atom. The van der Waals surface area contributed by atoms with Crippen LogP contribution >= 0.6 is 0 Å². The van der Waals surface area contributed by atoms with Gasteiger partial charge in [0.1, 0.15) is 11.9 Å². The molecule has 1 fully saturated rings. The number of aryl methyl sites for hydroxylation is 1. The predicted octanol–water partition coefficient (Wildman–Crippen LogP) is -1.15. The largest absolute Gasteiger partial charge is 0.378 e. The van der Waals surface area contributed by atoms with Crippen LogP contribution in [0.3, 0.4) is 0 Å². The molecule has 1 aliphatic heterocycles. The van der Waals surface area contributed by atoms with E-state index in [2.05, 4.69) is 9.97 Å². The quantitative estimate of drug-likeness (QED) is 0.725. The van der Waals surface area contributed by atoms with Gasteiger partial charge in [-0.25, -0.2) is 13.4 Å². The van der Waals surface area contributed by atoms with Gasteiger partial charge in [-0.05, 0) is 0 Å². The van der Waals surface area contributed by atoms with Gasteiger partial charge in [0, 0.05) is 13.0 Å². The van der Waals surface area contributed by atoms with Gasteiger partial charge in [-0.3, -0.25) is 4.79 Å². The highest BCUT2D eigenvalue weighted by atomic mass is 32.2. The van der Waals surface area contributed by atoms with Gasteiger partial charge in [0.05, 0.1) is 19.4 Å². The standard InChI is InChI=1S/C10H16N4O4S/c1-2-8-12-5-9(13-8)19(16,17)14-3-4-18-6-7(14)10(11)15/h5,7H,2-4,6H2,1H3,(H2,11,15)(H,12,13). The first kappa shape index (κ1) is 14.0. The van der Waals surface area contributed by atoms with Crippen LogP contribution in [0, 0.1) is 0 Å². The molecular weight excluding hydrogens is 272 g/mol. The van der Waals surface area contributed by atoms with Crippen molar-refractivity contribution in [3.63, 3.8) is 0 Å². The van der Waals surface area contributed by atoms with Gasteiger partial charge in [-0.2, -0.15) is 4.31 Å². The van der Waals surface area contributed by atoms with E-state index in [0.29, 0.717) is 12.2 Å². The summed E-state index contributed by atoms with van der Waals surface area (Å²) >= 11 is 0. The van der Waals surface area contributed by atoms with Gasteiger partial charge in [-0.15, -0.1) is 0 Å². The maximum Gasteiger partial charge on any atom is 0.261 e. The van der Waals surface area contributed by atoms with Crippen LogP contribution in [0.1, 0.15) is 12.7 Å². The number of primary amides is 1. The van der Waals surface area contributed by atoms with Gasteiger partial charge in [-0.1, -0.05) is 6.92 Å². The summed E-state index contributed by atoms with van der Waals surface area (Å²) < 4.78 is 31.0. The lowest BCUT2D eigenvalue weighted by molar-refractivity contribution is -0.125. The Kier molecular flexibility index (Phi) is 3.88. The molecular formula is C10H16N4O4S. The van der Waals surface area contributed by atoms with Crippen LogP contribution in [0.25, 0.3) is 0 Å². The molecule has 1 atom stereocenters. The molecule has 106 valence electrons. The highest BCUT2D eigenvalue weighted by Gasteiger charge is 2.38. The molecule has 1 aromatic heterocycles. The van der Waals surface area contributed by atoms with Crippen molar-refractivity contribution in [1.82, 2.24) is 14.3 Å². The zero-order valence-electron chi connectivity index (χ0n) is 10.5. The van der Waals surface area contributed by atoms with Crippen LogP contribution in [0.2, 0.25) is 0 Å². The van der Waals surface area contributed by atoms with Gasteiger partial charge < -0.3 is 15.5 Å². The molecule has 1 unspecified atom stereocenters. The van der Waals surface area contributed by atoms with Crippen molar-refractivity contribution in [2.75, 3.05) is 19.8 Å². The van der Waals surface area contributed by atoms with E-state index in [1.807, 2.05) is 6.92 Å². The van der Waals surface area contributed by atoms with Gasteiger partial charge in [0.2, 0.25) is 5.91 Å². The highest BCUT2D eigenvalue weighted by molar-refractivity contribution is 7.89. The number of imidazole rings is 1. The molecule has 2 heterocycles. The molecule has 1 aliphatic rings. The third kappa shape index (κ3) is 2.62. The number of rotatable bonds is 4. The van der Waals surface area contributed by atoms with E-state index in [1.54, 1.807) is 0 Å². The van der Waals surface area contributed by atoms with Gasteiger partial charge in [0.15, 0.2) is 5.03 Å². The smallest absolute Gasteiger partial charge is 0.261 e. The molecule has 3 N–H and O–H groups in total. The summed E-state index contributed by atoms with van der Waals surface area (Å²) in [7, 11) is -3.81. The minimum Gasteiger partial charge on any atom is -0.378 e. The van der Waals surface area contributed by atoms with Crippen molar-refractivity contribution >= 4 is 15.9 Å². The molecule has 0 spiro atoms. The fraction of sp³-hybridized carbons (Fsp3) is 0.600. The summed E-state index contributed by atoms with van der Waals surface area (Å²) in [5, 5.41) is -0.0301. The summed E-state index contributed by atoms with van der Waals surface area (Å²) in [6, 6.07) is -0.980. The van der Waals surface area contributed by atoms with E-state index in [-0.39, 0.29) is 24.8 Å². The van der Waals surface area contributed by atoms with E-state index in [4.69, 9.17) is 10.5 Å². The molecule has 0 aliphatic carbocycles. The van der Waals surface area contributed by atoms with Crippen molar-refractivity contribution < 1.29 is 17.9 Å². The number of nitrogens with one attached hydrogen (secondary N) is 1. The van der Waals surface area contributed by atoms with E-state index in [1.165, 1.54) is 6.20 Å². The molecule has 9 heteroatoms. The minimum absolute atomic E-state index is 0.0245. The Morgan fingerprint density at radius 1 is 1.68 bits per heavy atom. The Bertz CT molecular complexity index is 568. The maximum atomic E-state index is 12.4. The lowest BCUT2D eigenvalue weighted by Crippen LogP contribution is -2.54. The second-order valence-corrected chi connectivity index (χ2v) is 6.02. The second kappa shape index (κ2) is 5.27. The average Bonchev–Trinajstić information content (AvgIpc) is 2.88. The molecule has 0 radical (unpaired) electrons. The summed E-state index contributed by atoms with van der Waals surface area (Å²) in [6.07, 6.45) is 1.85. The Hall–Kier alpha value is -1.45. The Balaban J connectivity index is 2.34. The summed E-state index contributed by atoms with van der Waals surface area (Å²) in [5.74, 6) is -0.152. The number of hydrogen-bond donors (Lipinski definition) is 2. The van der Waals surface area contributed by atoms with Crippen LogP contribution in [-0.2, 0) is 26.0 Å². The lowest BCUT2D eigenvalue weighted by Gasteiger charge is -2.31. The zero-order chi connectivity index (χ0) is 14.0. The number of H-pyrrole nitrogens is 1. The van der Waals surface area contributed by atoms with Gasteiger partial charge in [0.25, 0.3) is 10.0 Å². The number of aromatic amines is 1. The van der Waals surface area contributed by atoms with E-state index >= 15 is 0 Å². The normalized spacial score (nSPS) is 21.4. The summed E-state index contributed by atoms with van der Waals surface area (Å²) in [6.45, 7) is 2.16. The van der Waals surface area contributed by atoms with Crippen LogP contribution in [0.15, 0.2) is 11.2 Å². The number of carbonyl (C=O) groups is 1. The number of morpholine rings is 1. The minimum atomic E-state index is -3.81. The summed E-state index contributed by atoms with van der Waals surface area (Å²) in [5.41, 5.74) is 5.21. The number of amides is 1. The summed E-state index contributed by atoms with van der Waals surface area (Å²) in [4.78, 5) is 18.0. The number of carbonyl (C=O) groups excluding carboxylic acids is 1. The van der Waals surface area contributed by atoms with Crippen molar-refractivity contribution in [2.45, 2.75) is 24.4 Å². The zero-order valence-corrected chi connectivity index (χ0v) is 11.3. The van der Waals surface area contributed by atoms with Crippen molar-refractivity contribution in [3.8, 4) is 0 Å². The number of nitrogens with zero attached hydrogens (tertiary/aromatic N) is 2. The van der Waals surface area contributed by atoms with Crippen molar-refractivity contribution in [1.29, 1.82) is 0 Å². The number of sulfonamides is 1. The third-order valence-corrected chi connectivity index (χ3v) is 4.75. The number of ether oxygens (including phenoxy) is 1. The highest BCUT2D eigenvalue weighted by Crippen LogP contribution is 2.19. The van der Waals surface area contributed by atoms with E-state index < -0.39 is 22.0 Å². The number of hydrogen-bond acceptors (Lipinski definition) is 5. The molecule has 1 aromatic rings. The fourth-order valence-corrected chi connectivity index (χ4v) is 3.38. The first-order chi connectivity index (χ1) is 8.96. The molecule has 2 rings (SSSR count). The van der Waals surface area contributed by atoms with Gasteiger partial charge >= 0.3 is 0 Å². The fourth-order valence-electron chi connectivity index (χ4n) is 1.88. The van der Waals surface area contributed by atoms with Crippen LogP contribution < -0.4 is 5.73 Å².